The lowest BCUT2D eigenvalue weighted by Gasteiger charge is -2.12. The average Bonchev–Trinajstić information content (AvgIpc) is 2.80. The Bertz CT molecular complexity index is 399. The van der Waals surface area contributed by atoms with Gasteiger partial charge in [-0.05, 0) is 44.4 Å². The highest BCUT2D eigenvalue weighted by atomic mass is 79.9. The summed E-state index contributed by atoms with van der Waals surface area (Å²) in [5.41, 5.74) is 3.84. The normalized spacial score (nSPS) is 13.0. The number of nitrogens with one attached hydrogen (secondary N) is 1. The van der Waals surface area contributed by atoms with Gasteiger partial charge in [-0.1, -0.05) is 0 Å². The molecule has 0 spiro atoms. The van der Waals surface area contributed by atoms with Gasteiger partial charge in [-0.15, -0.1) is 0 Å². The van der Waals surface area contributed by atoms with Crippen LogP contribution in [-0.4, -0.2) is 0 Å². The summed E-state index contributed by atoms with van der Waals surface area (Å²) in [5, 5.41) is 4.05. The van der Waals surface area contributed by atoms with Gasteiger partial charge in [0.2, 0.25) is 0 Å². The highest BCUT2D eigenvalue weighted by molar-refractivity contribution is 9.10. The van der Waals surface area contributed by atoms with Crippen molar-refractivity contribution in [1.82, 2.24) is 5.43 Å². The Morgan fingerprint density at radius 1 is 1.50 bits per heavy atom. The number of nitrogens with two attached hydrogens (primary N) is 1. The molecule has 1 atom stereocenters. The van der Waals surface area contributed by atoms with Gasteiger partial charge < -0.3 is 4.42 Å². The monoisotopic (exact) mass is 272 g/mol. The zero-order valence-corrected chi connectivity index (χ0v) is 9.64. The van der Waals surface area contributed by atoms with Crippen LogP contribution in [0.2, 0.25) is 0 Å². The molecule has 0 radical (unpaired) electrons. The van der Waals surface area contributed by atoms with Crippen molar-refractivity contribution in [3.8, 4) is 0 Å². The van der Waals surface area contributed by atoms with Crippen LogP contribution in [0.25, 0.3) is 0 Å². The van der Waals surface area contributed by atoms with Crippen LogP contribution in [0.15, 0.2) is 38.0 Å². The summed E-state index contributed by atoms with van der Waals surface area (Å²) in [6.07, 6.45) is 1.64. The largest absolute Gasteiger partial charge is 0.466 e. The molecule has 0 aromatic carbocycles. The van der Waals surface area contributed by atoms with E-state index in [-0.39, 0.29) is 6.04 Å². The molecule has 0 aliphatic heterocycles. The summed E-state index contributed by atoms with van der Waals surface area (Å²) < 4.78 is 6.28. The molecule has 2 aromatic rings. The molecule has 3 N–H and O–H groups in total. The van der Waals surface area contributed by atoms with E-state index in [9.17, 15) is 0 Å². The first-order valence-corrected chi connectivity index (χ1v) is 5.77. The lowest BCUT2D eigenvalue weighted by Crippen LogP contribution is -2.28. The van der Waals surface area contributed by atoms with Gasteiger partial charge in [0.15, 0.2) is 0 Å². The predicted octanol–water partition coefficient (Wildman–Crippen LogP) is 2.66. The average molecular weight is 273 g/mol. The second-order valence-corrected chi connectivity index (χ2v) is 4.42. The second kappa shape index (κ2) is 4.27. The molecule has 2 aromatic heterocycles. The minimum atomic E-state index is -0.0920. The zero-order valence-electron chi connectivity index (χ0n) is 7.24. The fraction of sp³-hybridized carbons (Fsp3) is 0.111. The van der Waals surface area contributed by atoms with Crippen molar-refractivity contribution in [2.75, 3.05) is 0 Å². The summed E-state index contributed by atoms with van der Waals surface area (Å²) in [5.74, 6) is 6.30. The molecule has 0 aliphatic rings. The number of furan rings is 1. The van der Waals surface area contributed by atoms with Crippen LogP contribution in [0.4, 0.5) is 0 Å². The molecule has 2 heterocycles. The number of rotatable bonds is 3. The van der Waals surface area contributed by atoms with Crippen LogP contribution >= 0.6 is 27.3 Å². The molecule has 0 amide bonds. The van der Waals surface area contributed by atoms with Gasteiger partial charge >= 0.3 is 0 Å². The van der Waals surface area contributed by atoms with Gasteiger partial charge in [-0.3, -0.25) is 5.84 Å². The van der Waals surface area contributed by atoms with Gasteiger partial charge in [0, 0.05) is 0 Å². The standard InChI is InChI=1S/C9H9BrN2OS/c10-7-1-3-13-9(7)8(12-11)6-2-4-14-5-6/h1-5,8,12H,11H2. The molecule has 14 heavy (non-hydrogen) atoms. The van der Waals surface area contributed by atoms with Crippen molar-refractivity contribution in [3.05, 3.63) is 45.0 Å². The van der Waals surface area contributed by atoms with Crippen molar-refractivity contribution in [2.24, 2.45) is 5.84 Å². The van der Waals surface area contributed by atoms with E-state index in [1.165, 1.54) is 0 Å². The molecular weight excluding hydrogens is 264 g/mol. The molecule has 3 nitrogen and oxygen atoms in total. The van der Waals surface area contributed by atoms with Crippen molar-refractivity contribution < 1.29 is 4.42 Å². The molecular formula is C9H9BrN2OS. The van der Waals surface area contributed by atoms with E-state index in [4.69, 9.17) is 10.3 Å². The summed E-state index contributed by atoms with van der Waals surface area (Å²) in [4.78, 5) is 0. The minimum absolute atomic E-state index is 0.0920. The van der Waals surface area contributed by atoms with E-state index in [1.807, 2.05) is 22.9 Å². The Labute approximate surface area is 94.0 Å². The first-order chi connectivity index (χ1) is 6.83. The van der Waals surface area contributed by atoms with E-state index >= 15 is 0 Å². The van der Waals surface area contributed by atoms with Crippen LogP contribution in [-0.2, 0) is 0 Å². The van der Waals surface area contributed by atoms with E-state index in [1.54, 1.807) is 17.6 Å². The Morgan fingerprint density at radius 2 is 2.36 bits per heavy atom. The zero-order chi connectivity index (χ0) is 9.97. The highest BCUT2D eigenvalue weighted by Crippen LogP contribution is 2.29. The van der Waals surface area contributed by atoms with Crippen molar-refractivity contribution in [2.45, 2.75) is 6.04 Å². The molecule has 0 aliphatic carbocycles. The lowest BCUT2D eigenvalue weighted by atomic mass is 10.1. The van der Waals surface area contributed by atoms with Gasteiger partial charge in [-0.25, -0.2) is 5.43 Å². The van der Waals surface area contributed by atoms with Gasteiger partial charge in [-0.2, -0.15) is 11.3 Å². The topological polar surface area (TPSA) is 51.2 Å². The van der Waals surface area contributed by atoms with Crippen molar-refractivity contribution >= 4 is 27.3 Å². The molecule has 74 valence electrons. The predicted molar refractivity (Wildman–Crippen MR) is 59.9 cm³/mol. The molecule has 5 heteroatoms. The third-order valence-corrected chi connectivity index (χ3v) is 3.31. The summed E-state index contributed by atoms with van der Waals surface area (Å²) in [6, 6.07) is 3.78. The Morgan fingerprint density at radius 3 is 2.86 bits per heavy atom. The first-order valence-electron chi connectivity index (χ1n) is 4.04. The maximum atomic E-state index is 5.50. The number of hydrogen-bond acceptors (Lipinski definition) is 4. The Balaban J connectivity index is 2.36. The summed E-state index contributed by atoms with van der Waals surface area (Å²) in [6.45, 7) is 0. The fourth-order valence-electron chi connectivity index (χ4n) is 1.27. The van der Waals surface area contributed by atoms with Crippen LogP contribution in [0.1, 0.15) is 17.4 Å². The SMILES string of the molecule is NNC(c1ccsc1)c1occc1Br. The van der Waals surface area contributed by atoms with Crippen LogP contribution in [0.5, 0.6) is 0 Å². The van der Waals surface area contributed by atoms with Gasteiger partial charge in [0.05, 0.1) is 10.7 Å². The summed E-state index contributed by atoms with van der Waals surface area (Å²) in [7, 11) is 0. The number of hydrazine groups is 1. The molecule has 1 unspecified atom stereocenters. The number of thiophene rings is 1. The smallest absolute Gasteiger partial charge is 0.140 e. The maximum absolute atomic E-state index is 5.50. The van der Waals surface area contributed by atoms with E-state index in [0.717, 1.165) is 15.8 Å². The fourth-order valence-corrected chi connectivity index (χ4v) is 2.39. The maximum Gasteiger partial charge on any atom is 0.140 e. The van der Waals surface area contributed by atoms with Crippen molar-refractivity contribution in [3.63, 3.8) is 0 Å². The first kappa shape index (κ1) is 9.92. The van der Waals surface area contributed by atoms with Gasteiger partial charge in [0.1, 0.15) is 11.8 Å². The molecule has 0 fully saturated rings. The minimum Gasteiger partial charge on any atom is -0.466 e. The van der Waals surface area contributed by atoms with Crippen LogP contribution in [0.3, 0.4) is 0 Å². The van der Waals surface area contributed by atoms with E-state index < -0.39 is 0 Å². The second-order valence-electron chi connectivity index (χ2n) is 2.79. The van der Waals surface area contributed by atoms with E-state index in [0.29, 0.717) is 0 Å². The van der Waals surface area contributed by atoms with Crippen LogP contribution in [0, 0.1) is 0 Å². The number of halogens is 1. The molecule has 0 saturated heterocycles. The molecule has 2 rings (SSSR count). The third-order valence-electron chi connectivity index (χ3n) is 1.95. The molecule has 0 saturated carbocycles. The highest BCUT2D eigenvalue weighted by Gasteiger charge is 2.18. The van der Waals surface area contributed by atoms with Crippen LogP contribution < -0.4 is 11.3 Å². The van der Waals surface area contributed by atoms with Crippen molar-refractivity contribution in [1.29, 1.82) is 0 Å². The molecule has 0 bridgehead atoms. The summed E-state index contributed by atoms with van der Waals surface area (Å²) >= 11 is 5.04. The van der Waals surface area contributed by atoms with E-state index in [2.05, 4.69) is 21.4 Å². The number of hydrogen-bond donors (Lipinski definition) is 2. The third kappa shape index (κ3) is 1.76. The lowest BCUT2D eigenvalue weighted by molar-refractivity contribution is 0.450. The van der Waals surface area contributed by atoms with Gasteiger partial charge in [0.25, 0.3) is 0 Å². The Hall–Kier alpha value is -0.620. The quantitative estimate of drug-likeness (QED) is 0.667. The Kier molecular flexibility index (Phi) is 3.02.